The summed E-state index contributed by atoms with van der Waals surface area (Å²) in [7, 11) is 1.40. The molecule has 126 valence electrons. The topological polar surface area (TPSA) is 145 Å². The highest BCUT2D eigenvalue weighted by Crippen LogP contribution is 2.22. The van der Waals surface area contributed by atoms with Gasteiger partial charge < -0.3 is 20.5 Å². The van der Waals surface area contributed by atoms with Crippen LogP contribution in [0.2, 0.25) is 0 Å². The van der Waals surface area contributed by atoms with Gasteiger partial charge >= 0.3 is 0 Å². The number of nitrogens with two attached hydrogens (primary N) is 1. The van der Waals surface area contributed by atoms with Crippen LogP contribution in [0.1, 0.15) is 16.1 Å². The Kier molecular flexibility index (Phi) is 4.78. The first-order chi connectivity index (χ1) is 11.3. The molecule has 0 atom stereocenters. The first-order valence-electron chi connectivity index (χ1n) is 6.80. The Morgan fingerprint density at radius 1 is 1.42 bits per heavy atom. The number of aromatic nitrogens is 1. The van der Waals surface area contributed by atoms with Crippen molar-refractivity contribution in [2.45, 2.75) is 6.92 Å². The average molecular weight is 333 g/mol. The van der Waals surface area contributed by atoms with E-state index in [1.165, 1.54) is 25.2 Å². The maximum atomic E-state index is 12.3. The van der Waals surface area contributed by atoms with Crippen molar-refractivity contribution in [2.24, 2.45) is 0 Å². The Morgan fingerprint density at radius 3 is 2.71 bits per heavy atom. The Hall–Kier alpha value is -3.43. The molecule has 1 heterocycles. The van der Waals surface area contributed by atoms with Gasteiger partial charge in [0.2, 0.25) is 5.91 Å². The fourth-order valence-corrected chi connectivity index (χ4v) is 1.95. The third kappa shape index (κ3) is 3.85. The number of hydrogen-bond donors (Lipinski definition) is 2. The number of aryl methyl sites for hydroxylation is 1. The minimum absolute atomic E-state index is 0.0432. The van der Waals surface area contributed by atoms with Crippen molar-refractivity contribution in [3.05, 3.63) is 45.7 Å². The molecule has 0 aliphatic rings. The highest BCUT2D eigenvalue weighted by Gasteiger charge is 2.20. The zero-order chi connectivity index (χ0) is 17.9. The molecule has 0 fully saturated rings. The molecule has 0 saturated carbocycles. The zero-order valence-electron chi connectivity index (χ0n) is 13.0. The van der Waals surface area contributed by atoms with E-state index in [1.54, 1.807) is 6.92 Å². The Labute approximate surface area is 136 Å². The summed E-state index contributed by atoms with van der Waals surface area (Å²) in [4.78, 5) is 35.5. The van der Waals surface area contributed by atoms with Gasteiger partial charge in [0.1, 0.15) is 11.4 Å². The molecular weight excluding hydrogens is 318 g/mol. The van der Waals surface area contributed by atoms with Crippen molar-refractivity contribution >= 4 is 29.0 Å². The van der Waals surface area contributed by atoms with Crippen LogP contribution in [0.25, 0.3) is 0 Å². The number of nitro benzene ring substituents is 1. The van der Waals surface area contributed by atoms with E-state index in [1.807, 2.05) is 0 Å². The fraction of sp³-hybridized carbons (Fsp3) is 0.214. The van der Waals surface area contributed by atoms with E-state index in [2.05, 4.69) is 10.5 Å². The van der Waals surface area contributed by atoms with Gasteiger partial charge in [0.25, 0.3) is 11.6 Å². The largest absolute Gasteiger partial charge is 0.393 e. The second-order valence-corrected chi connectivity index (χ2v) is 5.06. The van der Waals surface area contributed by atoms with Gasteiger partial charge in [0, 0.05) is 24.7 Å². The predicted molar refractivity (Wildman–Crippen MR) is 84.3 cm³/mol. The number of nitrogen functional groups attached to an aromatic ring is 1. The maximum Gasteiger partial charge on any atom is 0.292 e. The molecule has 24 heavy (non-hydrogen) atoms. The third-order valence-corrected chi connectivity index (χ3v) is 3.10. The zero-order valence-corrected chi connectivity index (χ0v) is 13.0. The summed E-state index contributed by atoms with van der Waals surface area (Å²) in [5.74, 6) is -0.265. The van der Waals surface area contributed by atoms with E-state index < -0.39 is 16.7 Å². The minimum atomic E-state index is -0.675. The number of likely N-dealkylation sites (N-methyl/N-ethyl adjacent to an activating group) is 1. The second kappa shape index (κ2) is 6.77. The van der Waals surface area contributed by atoms with Crippen molar-refractivity contribution in [1.29, 1.82) is 0 Å². The van der Waals surface area contributed by atoms with Crippen LogP contribution in [0.5, 0.6) is 0 Å². The molecule has 1 aromatic carbocycles. The SMILES string of the molecule is Cc1cc(NC(=O)CN(C)C(=O)c2ccc(N)c([N+](=O)[O-])c2)no1. The Balaban J connectivity index is 2.05. The van der Waals surface area contributed by atoms with E-state index in [0.717, 1.165) is 11.0 Å². The lowest BCUT2D eigenvalue weighted by Gasteiger charge is -2.16. The third-order valence-electron chi connectivity index (χ3n) is 3.10. The van der Waals surface area contributed by atoms with Crippen molar-refractivity contribution in [3.8, 4) is 0 Å². The Morgan fingerprint density at radius 2 is 2.12 bits per heavy atom. The number of benzene rings is 1. The molecule has 0 aliphatic carbocycles. The van der Waals surface area contributed by atoms with Crippen LogP contribution >= 0.6 is 0 Å². The number of carbonyl (C=O) groups is 2. The predicted octanol–water partition coefficient (Wildman–Crippen LogP) is 1.18. The number of nitro groups is 1. The van der Waals surface area contributed by atoms with Crippen LogP contribution in [-0.4, -0.2) is 40.4 Å². The van der Waals surface area contributed by atoms with Crippen LogP contribution in [0.4, 0.5) is 17.2 Å². The molecule has 0 unspecified atom stereocenters. The first-order valence-corrected chi connectivity index (χ1v) is 6.80. The summed E-state index contributed by atoms with van der Waals surface area (Å²) in [5.41, 5.74) is 5.14. The lowest BCUT2D eigenvalue weighted by Crippen LogP contribution is -2.35. The number of amides is 2. The van der Waals surface area contributed by atoms with E-state index >= 15 is 0 Å². The van der Waals surface area contributed by atoms with Crippen molar-refractivity contribution in [2.75, 3.05) is 24.6 Å². The molecule has 0 spiro atoms. The van der Waals surface area contributed by atoms with E-state index in [0.29, 0.717) is 5.76 Å². The summed E-state index contributed by atoms with van der Waals surface area (Å²) in [6.07, 6.45) is 0. The fourth-order valence-electron chi connectivity index (χ4n) is 1.95. The molecule has 2 aromatic rings. The molecular formula is C14H15N5O5. The number of nitrogens with one attached hydrogen (secondary N) is 1. The summed E-state index contributed by atoms with van der Waals surface area (Å²) >= 11 is 0. The van der Waals surface area contributed by atoms with Crippen molar-refractivity contribution in [1.82, 2.24) is 10.1 Å². The highest BCUT2D eigenvalue weighted by atomic mass is 16.6. The normalized spacial score (nSPS) is 10.2. The number of anilines is 2. The van der Waals surface area contributed by atoms with Crippen LogP contribution in [0, 0.1) is 17.0 Å². The summed E-state index contributed by atoms with van der Waals surface area (Å²) < 4.78 is 4.81. The lowest BCUT2D eigenvalue weighted by atomic mass is 10.1. The maximum absolute atomic E-state index is 12.3. The van der Waals surface area contributed by atoms with Gasteiger partial charge in [-0.25, -0.2) is 0 Å². The molecule has 2 rings (SSSR count). The monoisotopic (exact) mass is 333 g/mol. The molecule has 0 bridgehead atoms. The summed E-state index contributed by atoms with van der Waals surface area (Å²) in [5, 5.41) is 17.0. The molecule has 3 N–H and O–H groups in total. The second-order valence-electron chi connectivity index (χ2n) is 5.06. The lowest BCUT2D eigenvalue weighted by molar-refractivity contribution is -0.383. The van der Waals surface area contributed by atoms with Gasteiger partial charge in [-0.05, 0) is 19.1 Å². The van der Waals surface area contributed by atoms with Crippen LogP contribution in [0.3, 0.4) is 0 Å². The minimum Gasteiger partial charge on any atom is -0.393 e. The van der Waals surface area contributed by atoms with Gasteiger partial charge in [0.05, 0.1) is 11.5 Å². The first kappa shape index (κ1) is 16.9. The molecule has 1 aromatic heterocycles. The van der Waals surface area contributed by atoms with Gasteiger partial charge in [0.15, 0.2) is 5.82 Å². The molecule has 10 nitrogen and oxygen atoms in total. The van der Waals surface area contributed by atoms with E-state index in [4.69, 9.17) is 10.3 Å². The number of rotatable bonds is 5. The average Bonchev–Trinajstić information content (AvgIpc) is 2.91. The van der Waals surface area contributed by atoms with Crippen molar-refractivity contribution < 1.29 is 19.0 Å². The molecule has 10 heteroatoms. The van der Waals surface area contributed by atoms with Crippen LogP contribution in [0.15, 0.2) is 28.8 Å². The number of carbonyl (C=O) groups excluding carboxylic acids is 2. The molecule has 2 amide bonds. The smallest absolute Gasteiger partial charge is 0.292 e. The van der Waals surface area contributed by atoms with Gasteiger partial charge in [-0.1, -0.05) is 5.16 Å². The number of hydrogen-bond acceptors (Lipinski definition) is 7. The van der Waals surface area contributed by atoms with Crippen molar-refractivity contribution in [3.63, 3.8) is 0 Å². The van der Waals surface area contributed by atoms with Gasteiger partial charge in [-0.2, -0.15) is 0 Å². The molecule has 0 aliphatic heterocycles. The van der Waals surface area contributed by atoms with E-state index in [-0.39, 0.29) is 29.3 Å². The summed E-state index contributed by atoms with van der Waals surface area (Å²) in [6.45, 7) is 1.41. The van der Waals surface area contributed by atoms with E-state index in [9.17, 15) is 19.7 Å². The number of nitrogens with zero attached hydrogens (tertiary/aromatic N) is 3. The van der Waals surface area contributed by atoms with Gasteiger partial charge in [-0.3, -0.25) is 19.7 Å². The standard InChI is InChI=1S/C14H15N5O5/c1-8-5-12(17-24-8)16-13(20)7-18(2)14(21)9-3-4-10(15)11(6-9)19(22)23/h3-6H,7,15H2,1-2H3,(H,16,17,20). The van der Waals surface area contributed by atoms with Gasteiger partial charge in [-0.15, -0.1) is 0 Å². The quantitative estimate of drug-likeness (QED) is 0.475. The Bertz CT molecular complexity index is 801. The van der Waals surface area contributed by atoms with Crippen LogP contribution < -0.4 is 11.1 Å². The van der Waals surface area contributed by atoms with Crippen LogP contribution in [-0.2, 0) is 4.79 Å². The summed E-state index contributed by atoms with van der Waals surface area (Å²) in [6, 6.07) is 5.24. The highest BCUT2D eigenvalue weighted by molar-refractivity contribution is 5.99. The molecule has 0 saturated heterocycles. The molecule has 0 radical (unpaired) electrons.